The highest BCUT2D eigenvalue weighted by Crippen LogP contribution is 2.48. The van der Waals surface area contributed by atoms with Crippen LogP contribution in [0.4, 0.5) is 17.1 Å². The van der Waals surface area contributed by atoms with Crippen LogP contribution < -0.4 is 4.90 Å². The van der Waals surface area contributed by atoms with Crippen molar-refractivity contribution in [3.63, 3.8) is 0 Å². The van der Waals surface area contributed by atoms with Crippen LogP contribution in [0.1, 0.15) is 33.4 Å². The van der Waals surface area contributed by atoms with E-state index in [9.17, 15) is 0 Å². The highest BCUT2D eigenvalue weighted by molar-refractivity contribution is 6.28. The van der Waals surface area contributed by atoms with Crippen LogP contribution in [-0.2, 0) is 0 Å². The number of fused-ring (bicyclic) bond motifs is 7. The second-order valence-electron chi connectivity index (χ2n) is 15.9. The Bertz CT molecular complexity index is 3080. The summed E-state index contributed by atoms with van der Waals surface area (Å²) in [7, 11) is 0. The minimum atomic E-state index is 1.12. The van der Waals surface area contributed by atoms with E-state index in [0.717, 1.165) is 28.4 Å². The standard InChI is InChI=1S/C54H45N3/c1-34-17-23-43(24-18-34)55(44-25-19-35(2)20-26-44)45-27-21-40(22-28-45)46-33-48-47-31-36(3)29-38(5)51(47)56(41-13-9-7-10-14-41)53(48)54-50(46)49-32-37(4)30-39(6)52(49)57(54)42-15-11-8-12-16-42/h7-33H,1-6H3. The van der Waals surface area contributed by atoms with Gasteiger partial charge in [0, 0.05) is 50.0 Å². The maximum Gasteiger partial charge on any atom is 0.0795 e. The largest absolute Gasteiger partial charge is 0.311 e. The number of anilines is 3. The number of rotatable bonds is 6. The van der Waals surface area contributed by atoms with E-state index in [1.54, 1.807) is 0 Å². The lowest BCUT2D eigenvalue weighted by molar-refractivity contribution is 1.14. The van der Waals surface area contributed by atoms with Gasteiger partial charge in [-0.3, -0.25) is 0 Å². The third-order valence-electron chi connectivity index (χ3n) is 11.7. The highest BCUT2D eigenvalue weighted by atomic mass is 15.1. The van der Waals surface area contributed by atoms with E-state index in [1.807, 2.05) is 0 Å². The number of hydrogen-bond donors (Lipinski definition) is 0. The Balaban J connectivity index is 1.34. The molecule has 0 saturated carbocycles. The first kappa shape index (κ1) is 34.6. The number of hydrogen-bond acceptors (Lipinski definition) is 1. The quantitative estimate of drug-likeness (QED) is 0.166. The molecule has 0 aliphatic rings. The third kappa shape index (κ3) is 5.65. The fourth-order valence-corrected chi connectivity index (χ4v) is 9.24. The predicted molar refractivity (Wildman–Crippen MR) is 244 cm³/mol. The smallest absolute Gasteiger partial charge is 0.0795 e. The molecule has 2 heterocycles. The lowest BCUT2D eigenvalue weighted by Gasteiger charge is -2.26. The highest BCUT2D eigenvalue weighted by Gasteiger charge is 2.26. The molecule has 8 aromatic carbocycles. The average molecular weight is 736 g/mol. The third-order valence-corrected chi connectivity index (χ3v) is 11.7. The fraction of sp³-hybridized carbons (Fsp3) is 0.111. The van der Waals surface area contributed by atoms with Gasteiger partial charge in [0.25, 0.3) is 0 Å². The van der Waals surface area contributed by atoms with Gasteiger partial charge in [0.1, 0.15) is 0 Å². The van der Waals surface area contributed by atoms with Crippen LogP contribution in [0.3, 0.4) is 0 Å². The first-order valence-corrected chi connectivity index (χ1v) is 19.9. The Morgan fingerprint density at radius 1 is 0.351 bits per heavy atom. The second kappa shape index (κ2) is 13.4. The molecule has 10 aromatic rings. The SMILES string of the molecule is Cc1ccc(N(c2ccc(C)cc2)c2ccc(-c3cc4c5cc(C)cc(C)c5n(-c5ccccc5)c4c4c3c3cc(C)cc(C)c3n4-c3ccccc3)cc2)cc1. The van der Waals surface area contributed by atoms with Gasteiger partial charge in [-0.15, -0.1) is 0 Å². The van der Waals surface area contributed by atoms with Gasteiger partial charge in [-0.25, -0.2) is 0 Å². The molecular formula is C54H45N3. The summed E-state index contributed by atoms with van der Waals surface area (Å²) in [6.07, 6.45) is 0. The minimum Gasteiger partial charge on any atom is -0.311 e. The molecule has 0 aliphatic heterocycles. The van der Waals surface area contributed by atoms with Gasteiger partial charge in [0.15, 0.2) is 0 Å². The Hall–Kier alpha value is -6.84. The molecule has 0 fully saturated rings. The average Bonchev–Trinajstić information content (AvgIpc) is 3.74. The number of nitrogens with zero attached hydrogens (tertiary/aromatic N) is 3. The summed E-state index contributed by atoms with van der Waals surface area (Å²) in [6, 6.07) is 60.6. The topological polar surface area (TPSA) is 13.1 Å². The molecule has 57 heavy (non-hydrogen) atoms. The van der Waals surface area contributed by atoms with Gasteiger partial charge in [-0.2, -0.15) is 0 Å². The molecule has 2 aromatic heterocycles. The molecule has 3 heteroatoms. The van der Waals surface area contributed by atoms with Crippen LogP contribution in [-0.4, -0.2) is 9.13 Å². The molecule has 0 aliphatic carbocycles. The Morgan fingerprint density at radius 3 is 1.28 bits per heavy atom. The van der Waals surface area contributed by atoms with Crippen LogP contribution in [0.5, 0.6) is 0 Å². The van der Waals surface area contributed by atoms with Crippen molar-refractivity contribution in [3.8, 4) is 22.5 Å². The van der Waals surface area contributed by atoms with E-state index in [4.69, 9.17) is 0 Å². The first-order chi connectivity index (χ1) is 27.7. The normalized spacial score (nSPS) is 11.7. The van der Waals surface area contributed by atoms with Crippen molar-refractivity contribution in [3.05, 3.63) is 197 Å². The van der Waals surface area contributed by atoms with E-state index in [2.05, 4.69) is 219 Å². The van der Waals surface area contributed by atoms with Crippen LogP contribution in [0, 0.1) is 41.5 Å². The molecule has 0 radical (unpaired) electrons. The number of para-hydroxylation sites is 2. The van der Waals surface area contributed by atoms with Crippen LogP contribution in [0.15, 0.2) is 164 Å². The summed E-state index contributed by atoms with van der Waals surface area (Å²) in [5.74, 6) is 0. The Labute approximate surface area is 334 Å². The van der Waals surface area contributed by atoms with Crippen molar-refractivity contribution in [1.29, 1.82) is 0 Å². The van der Waals surface area contributed by atoms with Gasteiger partial charge in [-0.05, 0) is 143 Å². The van der Waals surface area contributed by atoms with Crippen LogP contribution >= 0.6 is 0 Å². The van der Waals surface area contributed by atoms with Gasteiger partial charge in [-0.1, -0.05) is 107 Å². The van der Waals surface area contributed by atoms with E-state index in [-0.39, 0.29) is 0 Å². The molecule has 0 saturated heterocycles. The van der Waals surface area contributed by atoms with Gasteiger partial charge >= 0.3 is 0 Å². The van der Waals surface area contributed by atoms with Gasteiger partial charge in [0.05, 0.1) is 22.1 Å². The fourth-order valence-electron chi connectivity index (χ4n) is 9.24. The van der Waals surface area contributed by atoms with Crippen molar-refractivity contribution in [1.82, 2.24) is 9.13 Å². The number of aryl methyl sites for hydroxylation is 6. The van der Waals surface area contributed by atoms with Crippen molar-refractivity contribution < 1.29 is 0 Å². The lowest BCUT2D eigenvalue weighted by atomic mass is 9.95. The van der Waals surface area contributed by atoms with Crippen molar-refractivity contribution in [2.45, 2.75) is 41.5 Å². The zero-order valence-electron chi connectivity index (χ0n) is 33.4. The zero-order chi connectivity index (χ0) is 38.9. The van der Waals surface area contributed by atoms with Crippen molar-refractivity contribution in [2.24, 2.45) is 0 Å². The van der Waals surface area contributed by atoms with E-state index in [0.29, 0.717) is 0 Å². The summed E-state index contributed by atoms with van der Waals surface area (Å²) in [4.78, 5) is 2.36. The van der Waals surface area contributed by atoms with Gasteiger partial charge in [0.2, 0.25) is 0 Å². The summed E-state index contributed by atoms with van der Waals surface area (Å²) in [5, 5.41) is 5.06. The maximum absolute atomic E-state index is 2.54. The van der Waals surface area contributed by atoms with Crippen molar-refractivity contribution >= 4 is 60.7 Å². The Kier molecular flexibility index (Phi) is 8.16. The molecule has 0 spiro atoms. The molecule has 0 atom stereocenters. The van der Waals surface area contributed by atoms with Crippen LogP contribution in [0.25, 0.3) is 66.1 Å². The second-order valence-corrected chi connectivity index (χ2v) is 15.9. The monoisotopic (exact) mass is 735 g/mol. The zero-order valence-corrected chi connectivity index (χ0v) is 33.4. The Morgan fingerprint density at radius 2 is 0.772 bits per heavy atom. The lowest BCUT2D eigenvalue weighted by Crippen LogP contribution is -2.09. The molecule has 0 amide bonds. The van der Waals surface area contributed by atoms with E-state index >= 15 is 0 Å². The minimum absolute atomic E-state index is 1.12. The molecule has 276 valence electrons. The maximum atomic E-state index is 2.54. The number of benzene rings is 8. The van der Waals surface area contributed by atoms with Crippen LogP contribution in [0.2, 0.25) is 0 Å². The molecular weight excluding hydrogens is 691 g/mol. The first-order valence-electron chi connectivity index (χ1n) is 19.9. The molecule has 10 rings (SSSR count). The van der Waals surface area contributed by atoms with E-state index < -0.39 is 0 Å². The summed E-state index contributed by atoms with van der Waals surface area (Å²) < 4.78 is 5.06. The molecule has 0 unspecified atom stereocenters. The summed E-state index contributed by atoms with van der Waals surface area (Å²) >= 11 is 0. The van der Waals surface area contributed by atoms with E-state index in [1.165, 1.54) is 88.1 Å². The molecule has 0 bridgehead atoms. The molecule has 3 nitrogen and oxygen atoms in total. The molecule has 0 N–H and O–H groups in total. The number of aromatic nitrogens is 2. The van der Waals surface area contributed by atoms with Gasteiger partial charge < -0.3 is 14.0 Å². The predicted octanol–water partition coefficient (Wildman–Crippen LogP) is 14.9. The van der Waals surface area contributed by atoms with Crippen molar-refractivity contribution in [2.75, 3.05) is 4.90 Å². The summed E-state index contributed by atoms with van der Waals surface area (Å²) in [6.45, 7) is 13.3. The summed E-state index contributed by atoms with van der Waals surface area (Å²) in [5.41, 5.74) is 20.6.